The second-order valence-electron chi connectivity index (χ2n) is 8.28. The van der Waals surface area contributed by atoms with E-state index in [1.807, 2.05) is 60.4 Å². The molecular weight excluding hydrogens is 460 g/mol. The van der Waals surface area contributed by atoms with Gasteiger partial charge >= 0.3 is 0 Å². The summed E-state index contributed by atoms with van der Waals surface area (Å²) >= 11 is 5.30. The molecule has 0 radical (unpaired) electrons. The molecular formula is C27H28N4O3S. The SMILES string of the molecule is COc1cccc(C(=O)NC(=S)Nc2ccc(N3CCN(C(=O)c4ccccc4C)CC3)cc2)c1. The number of aryl methyl sites for hydroxylation is 1. The van der Waals surface area contributed by atoms with Crippen LogP contribution in [0.5, 0.6) is 5.75 Å². The van der Waals surface area contributed by atoms with Crippen LogP contribution >= 0.6 is 12.2 Å². The molecule has 0 saturated carbocycles. The summed E-state index contributed by atoms with van der Waals surface area (Å²) in [6.45, 7) is 4.84. The van der Waals surface area contributed by atoms with E-state index >= 15 is 0 Å². The predicted octanol–water partition coefficient (Wildman–Crippen LogP) is 4.09. The summed E-state index contributed by atoms with van der Waals surface area (Å²) in [5, 5.41) is 5.94. The number of carbonyl (C=O) groups excluding carboxylic acids is 2. The molecule has 7 nitrogen and oxygen atoms in total. The minimum Gasteiger partial charge on any atom is -0.497 e. The first kappa shape index (κ1) is 24.2. The summed E-state index contributed by atoms with van der Waals surface area (Å²) in [6.07, 6.45) is 0. The van der Waals surface area contributed by atoms with Gasteiger partial charge in [0.2, 0.25) is 0 Å². The van der Waals surface area contributed by atoms with E-state index in [1.54, 1.807) is 31.4 Å². The molecule has 1 saturated heterocycles. The van der Waals surface area contributed by atoms with Crippen molar-refractivity contribution < 1.29 is 14.3 Å². The minimum absolute atomic E-state index is 0.0896. The van der Waals surface area contributed by atoms with Crippen LogP contribution < -0.4 is 20.3 Å². The van der Waals surface area contributed by atoms with Crippen LogP contribution in [0.2, 0.25) is 0 Å². The van der Waals surface area contributed by atoms with Crippen LogP contribution in [0.3, 0.4) is 0 Å². The molecule has 0 aliphatic carbocycles. The molecule has 180 valence electrons. The van der Waals surface area contributed by atoms with Crippen LogP contribution in [0.4, 0.5) is 11.4 Å². The molecule has 2 amide bonds. The van der Waals surface area contributed by atoms with E-state index in [9.17, 15) is 9.59 Å². The molecule has 1 aliphatic heterocycles. The lowest BCUT2D eigenvalue weighted by Gasteiger charge is -2.36. The molecule has 0 atom stereocenters. The number of carbonyl (C=O) groups is 2. The van der Waals surface area contributed by atoms with Crippen LogP contribution in [-0.4, -0.2) is 55.1 Å². The van der Waals surface area contributed by atoms with Gasteiger partial charge in [-0.05, 0) is 73.2 Å². The Morgan fingerprint density at radius 1 is 0.914 bits per heavy atom. The van der Waals surface area contributed by atoms with E-state index in [1.165, 1.54) is 0 Å². The van der Waals surface area contributed by atoms with Gasteiger partial charge in [-0.3, -0.25) is 14.9 Å². The van der Waals surface area contributed by atoms with Crippen molar-refractivity contribution in [1.82, 2.24) is 10.2 Å². The first-order chi connectivity index (χ1) is 16.9. The van der Waals surface area contributed by atoms with Gasteiger partial charge in [-0.15, -0.1) is 0 Å². The fraction of sp³-hybridized carbons (Fsp3) is 0.222. The Hall–Kier alpha value is -3.91. The molecule has 1 aliphatic rings. The number of hydrogen-bond acceptors (Lipinski definition) is 5. The Morgan fingerprint density at radius 2 is 1.63 bits per heavy atom. The minimum atomic E-state index is -0.309. The summed E-state index contributed by atoms with van der Waals surface area (Å²) in [5.74, 6) is 0.385. The van der Waals surface area contributed by atoms with Crippen molar-refractivity contribution >= 4 is 40.5 Å². The predicted molar refractivity (Wildman–Crippen MR) is 142 cm³/mol. The Bertz CT molecular complexity index is 1220. The van der Waals surface area contributed by atoms with Crippen LogP contribution in [-0.2, 0) is 0 Å². The molecule has 2 N–H and O–H groups in total. The molecule has 0 unspecified atom stereocenters. The first-order valence-electron chi connectivity index (χ1n) is 11.4. The van der Waals surface area contributed by atoms with E-state index < -0.39 is 0 Å². The molecule has 1 fully saturated rings. The average molecular weight is 489 g/mol. The van der Waals surface area contributed by atoms with Gasteiger partial charge in [-0.25, -0.2) is 0 Å². The highest BCUT2D eigenvalue weighted by molar-refractivity contribution is 7.80. The van der Waals surface area contributed by atoms with Crippen LogP contribution in [0.1, 0.15) is 26.3 Å². The number of thiocarbonyl (C=S) groups is 1. The lowest BCUT2D eigenvalue weighted by atomic mass is 10.1. The number of rotatable bonds is 5. The highest BCUT2D eigenvalue weighted by Gasteiger charge is 2.23. The smallest absolute Gasteiger partial charge is 0.257 e. The molecule has 3 aromatic rings. The number of nitrogens with one attached hydrogen (secondary N) is 2. The maximum absolute atomic E-state index is 12.9. The molecule has 3 aromatic carbocycles. The maximum atomic E-state index is 12.9. The van der Waals surface area contributed by atoms with Crippen LogP contribution in [0.15, 0.2) is 72.8 Å². The topological polar surface area (TPSA) is 73.9 Å². The fourth-order valence-corrected chi connectivity index (χ4v) is 4.22. The number of nitrogens with zero attached hydrogens (tertiary/aromatic N) is 2. The number of hydrogen-bond donors (Lipinski definition) is 2. The Kier molecular flexibility index (Phi) is 7.62. The lowest BCUT2D eigenvalue weighted by Crippen LogP contribution is -2.48. The fourth-order valence-electron chi connectivity index (χ4n) is 4.01. The van der Waals surface area contributed by atoms with Crippen molar-refractivity contribution in [1.29, 1.82) is 0 Å². The molecule has 1 heterocycles. The van der Waals surface area contributed by atoms with Crippen molar-refractivity contribution in [3.8, 4) is 5.75 Å². The standard InChI is InChI=1S/C27H28N4O3S/c1-19-6-3-4-9-24(19)26(33)31-16-14-30(15-17-31)22-12-10-21(11-13-22)28-27(35)29-25(32)20-7-5-8-23(18-20)34-2/h3-13,18H,14-17H2,1-2H3,(H2,28,29,32,35). The quantitative estimate of drug-likeness (QED) is 0.527. The second-order valence-corrected chi connectivity index (χ2v) is 8.69. The van der Waals surface area contributed by atoms with Crippen molar-refractivity contribution in [3.63, 3.8) is 0 Å². The third-order valence-corrected chi connectivity index (χ3v) is 6.20. The van der Waals surface area contributed by atoms with Gasteiger partial charge < -0.3 is 19.9 Å². The summed E-state index contributed by atoms with van der Waals surface area (Å²) < 4.78 is 5.16. The Morgan fingerprint density at radius 3 is 2.31 bits per heavy atom. The summed E-state index contributed by atoms with van der Waals surface area (Å²) in [7, 11) is 1.55. The number of piperazine rings is 1. The average Bonchev–Trinajstić information content (AvgIpc) is 2.89. The lowest BCUT2D eigenvalue weighted by molar-refractivity contribution is 0.0746. The van der Waals surface area contributed by atoms with E-state index in [4.69, 9.17) is 17.0 Å². The first-order valence-corrected chi connectivity index (χ1v) is 11.8. The molecule has 4 rings (SSSR count). The van der Waals surface area contributed by atoms with Gasteiger partial charge in [-0.1, -0.05) is 24.3 Å². The molecule has 8 heteroatoms. The molecule has 0 spiro atoms. The highest BCUT2D eigenvalue weighted by Crippen LogP contribution is 2.21. The van der Waals surface area contributed by atoms with Gasteiger partial charge in [-0.2, -0.15) is 0 Å². The van der Waals surface area contributed by atoms with Gasteiger partial charge in [0.25, 0.3) is 11.8 Å². The number of methoxy groups -OCH3 is 1. The Balaban J connectivity index is 1.29. The monoisotopic (exact) mass is 488 g/mol. The normalized spacial score (nSPS) is 13.2. The molecule has 0 bridgehead atoms. The van der Waals surface area contributed by atoms with Gasteiger partial charge in [0.15, 0.2) is 5.11 Å². The Labute approximate surface area is 210 Å². The number of amides is 2. The van der Waals surface area contributed by atoms with Gasteiger partial charge in [0.1, 0.15) is 5.75 Å². The molecule has 35 heavy (non-hydrogen) atoms. The van der Waals surface area contributed by atoms with E-state index in [0.29, 0.717) is 24.4 Å². The zero-order chi connectivity index (χ0) is 24.8. The maximum Gasteiger partial charge on any atom is 0.257 e. The van der Waals surface area contributed by atoms with E-state index in [0.717, 1.165) is 35.6 Å². The van der Waals surface area contributed by atoms with Crippen molar-refractivity contribution in [3.05, 3.63) is 89.5 Å². The number of ether oxygens (including phenoxy) is 1. The summed E-state index contributed by atoms with van der Waals surface area (Å²) in [4.78, 5) is 29.5. The summed E-state index contributed by atoms with van der Waals surface area (Å²) in [5.41, 5.74) is 4.08. The van der Waals surface area contributed by atoms with Gasteiger partial charge in [0, 0.05) is 48.7 Å². The van der Waals surface area contributed by atoms with Gasteiger partial charge in [0.05, 0.1) is 7.11 Å². The van der Waals surface area contributed by atoms with Crippen molar-refractivity contribution in [2.75, 3.05) is 43.5 Å². The highest BCUT2D eigenvalue weighted by atomic mass is 32.1. The van der Waals surface area contributed by atoms with Crippen molar-refractivity contribution in [2.24, 2.45) is 0 Å². The number of benzene rings is 3. The van der Waals surface area contributed by atoms with Crippen LogP contribution in [0, 0.1) is 6.92 Å². The van der Waals surface area contributed by atoms with Crippen molar-refractivity contribution in [2.45, 2.75) is 6.92 Å². The zero-order valence-electron chi connectivity index (χ0n) is 19.8. The number of anilines is 2. The van der Waals surface area contributed by atoms with Crippen LogP contribution in [0.25, 0.3) is 0 Å². The summed E-state index contributed by atoms with van der Waals surface area (Å²) in [6, 6.07) is 22.4. The second kappa shape index (κ2) is 11.0. The largest absolute Gasteiger partial charge is 0.497 e. The third-order valence-electron chi connectivity index (χ3n) is 5.99. The zero-order valence-corrected chi connectivity index (χ0v) is 20.6. The molecule has 0 aromatic heterocycles. The van der Waals surface area contributed by atoms with E-state index in [-0.39, 0.29) is 16.9 Å². The van der Waals surface area contributed by atoms with E-state index in [2.05, 4.69) is 15.5 Å². The third kappa shape index (κ3) is 5.96.